The predicted octanol–water partition coefficient (Wildman–Crippen LogP) is 2.12. The average molecular weight is 312 g/mol. The molecular weight excluding hydrogens is 288 g/mol. The third-order valence-electron chi connectivity index (χ3n) is 4.64. The van der Waals surface area contributed by atoms with Crippen LogP contribution in [0.4, 0.5) is 0 Å². The van der Waals surface area contributed by atoms with Gasteiger partial charge in [0, 0.05) is 25.2 Å². The molecule has 1 N–H and O–H groups in total. The lowest BCUT2D eigenvalue weighted by molar-refractivity contribution is 0.446. The quantitative estimate of drug-likeness (QED) is 0.904. The van der Waals surface area contributed by atoms with Crippen molar-refractivity contribution in [3.63, 3.8) is 0 Å². The summed E-state index contributed by atoms with van der Waals surface area (Å²) >= 11 is 0. The molecule has 1 aromatic heterocycles. The zero-order chi connectivity index (χ0) is 15.2. The Bertz CT molecular complexity index is 609. The van der Waals surface area contributed by atoms with Gasteiger partial charge in [0.25, 0.3) is 0 Å². The first-order chi connectivity index (χ1) is 9.88. The Balaban J connectivity index is 1.78. The van der Waals surface area contributed by atoms with Crippen LogP contribution in [0.1, 0.15) is 38.2 Å². The molecule has 0 aromatic carbocycles. The molecule has 0 radical (unpaired) electrons. The van der Waals surface area contributed by atoms with E-state index in [9.17, 15) is 8.42 Å². The molecular formula is C15H24N2O3S. The van der Waals surface area contributed by atoms with Crippen LogP contribution in [-0.4, -0.2) is 31.9 Å². The molecule has 5 nitrogen and oxygen atoms in total. The van der Waals surface area contributed by atoms with Crippen LogP contribution in [0.5, 0.6) is 0 Å². The van der Waals surface area contributed by atoms with Crippen molar-refractivity contribution < 1.29 is 12.8 Å². The first kappa shape index (κ1) is 15.1. The second kappa shape index (κ2) is 5.41. The number of rotatable bonds is 5. The first-order valence-corrected chi connectivity index (χ1v) is 9.14. The van der Waals surface area contributed by atoms with E-state index in [2.05, 4.69) is 19.2 Å². The molecule has 0 spiro atoms. The van der Waals surface area contributed by atoms with Crippen LogP contribution in [0.15, 0.2) is 15.4 Å². The van der Waals surface area contributed by atoms with Crippen LogP contribution < -0.4 is 5.32 Å². The fourth-order valence-electron chi connectivity index (χ4n) is 2.81. The molecule has 1 aliphatic heterocycles. The second-order valence-electron chi connectivity index (χ2n) is 6.56. The van der Waals surface area contributed by atoms with Crippen LogP contribution in [0.3, 0.4) is 0 Å². The molecule has 21 heavy (non-hydrogen) atoms. The summed E-state index contributed by atoms with van der Waals surface area (Å²) in [6.07, 6.45) is 2.41. The Morgan fingerprint density at radius 3 is 2.48 bits per heavy atom. The largest absolute Gasteiger partial charge is 0.464 e. The summed E-state index contributed by atoms with van der Waals surface area (Å²) in [6, 6.07) is 2.27. The fraction of sp³-hybridized carbons (Fsp3) is 0.733. The molecule has 2 atom stereocenters. The van der Waals surface area contributed by atoms with Crippen molar-refractivity contribution in [1.29, 1.82) is 0 Å². The Morgan fingerprint density at radius 1 is 1.29 bits per heavy atom. The molecule has 118 valence electrons. The highest BCUT2D eigenvalue weighted by Crippen LogP contribution is 2.31. The highest BCUT2D eigenvalue weighted by atomic mass is 32.2. The summed E-state index contributed by atoms with van der Waals surface area (Å²) in [4.78, 5) is 0.330. The number of hydrogen-bond acceptors (Lipinski definition) is 4. The third-order valence-corrected chi connectivity index (χ3v) is 6.58. The maximum atomic E-state index is 12.8. The summed E-state index contributed by atoms with van der Waals surface area (Å²) in [5.74, 6) is 2.01. The van der Waals surface area contributed by atoms with Crippen molar-refractivity contribution in [1.82, 2.24) is 9.62 Å². The van der Waals surface area contributed by atoms with Gasteiger partial charge in [-0.3, -0.25) is 0 Å². The van der Waals surface area contributed by atoms with Gasteiger partial charge in [-0.2, -0.15) is 4.31 Å². The van der Waals surface area contributed by atoms with Gasteiger partial charge < -0.3 is 9.73 Å². The lowest BCUT2D eigenvalue weighted by Gasteiger charge is -2.15. The SMILES string of the molecule is Cc1oc(CNC2CC2)cc1S(=O)(=O)N1CC(C)C(C)C1. The number of nitrogens with one attached hydrogen (secondary N) is 1. The zero-order valence-corrected chi connectivity index (χ0v) is 13.7. The third kappa shape index (κ3) is 3.03. The van der Waals surface area contributed by atoms with Crippen molar-refractivity contribution in [2.75, 3.05) is 13.1 Å². The second-order valence-corrected chi connectivity index (χ2v) is 8.47. The summed E-state index contributed by atoms with van der Waals surface area (Å²) in [5, 5.41) is 3.35. The summed E-state index contributed by atoms with van der Waals surface area (Å²) in [5.41, 5.74) is 0. The first-order valence-electron chi connectivity index (χ1n) is 7.70. The minimum absolute atomic E-state index is 0.330. The minimum atomic E-state index is -3.43. The lowest BCUT2D eigenvalue weighted by Crippen LogP contribution is -2.29. The lowest BCUT2D eigenvalue weighted by atomic mass is 10.0. The molecule has 2 heterocycles. The average Bonchev–Trinajstić information content (AvgIpc) is 3.08. The number of aryl methyl sites for hydroxylation is 1. The number of sulfonamides is 1. The van der Waals surface area contributed by atoms with E-state index in [0.717, 1.165) is 0 Å². The van der Waals surface area contributed by atoms with Crippen molar-refractivity contribution in [3.05, 3.63) is 17.6 Å². The molecule has 2 unspecified atom stereocenters. The maximum Gasteiger partial charge on any atom is 0.246 e. The van der Waals surface area contributed by atoms with Gasteiger partial charge in [-0.25, -0.2) is 8.42 Å². The Labute approximate surface area is 126 Å². The van der Waals surface area contributed by atoms with Crippen LogP contribution in [0.25, 0.3) is 0 Å². The van der Waals surface area contributed by atoms with Crippen molar-refractivity contribution in [2.45, 2.75) is 51.1 Å². The molecule has 2 fully saturated rings. The van der Waals surface area contributed by atoms with E-state index < -0.39 is 10.0 Å². The van der Waals surface area contributed by atoms with Gasteiger partial charge >= 0.3 is 0 Å². The summed E-state index contributed by atoms with van der Waals surface area (Å²) in [6.45, 7) is 7.75. The van der Waals surface area contributed by atoms with Crippen LogP contribution in [0.2, 0.25) is 0 Å². The van der Waals surface area contributed by atoms with E-state index in [1.165, 1.54) is 12.8 Å². The van der Waals surface area contributed by atoms with E-state index >= 15 is 0 Å². The minimum Gasteiger partial charge on any atom is -0.464 e. The van der Waals surface area contributed by atoms with Gasteiger partial charge in [0.1, 0.15) is 16.4 Å². The summed E-state index contributed by atoms with van der Waals surface area (Å²) in [7, 11) is -3.43. The molecule has 6 heteroatoms. The summed E-state index contributed by atoms with van der Waals surface area (Å²) < 4.78 is 32.7. The van der Waals surface area contributed by atoms with Gasteiger partial charge in [0.15, 0.2) is 0 Å². The molecule has 0 bridgehead atoms. The van der Waals surface area contributed by atoms with Crippen LogP contribution >= 0.6 is 0 Å². The fourth-order valence-corrected chi connectivity index (χ4v) is 4.64. The highest BCUT2D eigenvalue weighted by Gasteiger charge is 2.36. The van der Waals surface area contributed by atoms with E-state index in [0.29, 0.717) is 53.9 Å². The van der Waals surface area contributed by atoms with Crippen molar-refractivity contribution >= 4 is 10.0 Å². The van der Waals surface area contributed by atoms with E-state index in [-0.39, 0.29) is 0 Å². The standard InChI is InChI=1S/C15H24N2O3S/c1-10-8-17(9-11(10)2)21(18,19)15-6-14(20-12(15)3)7-16-13-4-5-13/h6,10-11,13,16H,4-5,7-9H2,1-3H3. The normalized spacial score (nSPS) is 27.4. The van der Waals surface area contributed by atoms with Crippen molar-refractivity contribution in [2.24, 2.45) is 11.8 Å². The van der Waals surface area contributed by atoms with Gasteiger partial charge in [-0.15, -0.1) is 0 Å². The van der Waals surface area contributed by atoms with E-state index in [1.54, 1.807) is 17.3 Å². The Morgan fingerprint density at radius 2 is 1.90 bits per heavy atom. The highest BCUT2D eigenvalue weighted by molar-refractivity contribution is 7.89. The van der Waals surface area contributed by atoms with E-state index in [4.69, 9.17) is 4.42 Å². The van der Waals surface area contributed by atoms with Crippen LogP contribution in [-0.2, 0) is 16.6 Å². The zero-order valence-electron chi connectivity index (χ0n) is 12.9. The van der Waals surface area contributed by atoms with Gasteiger partial charge in [0.2, 0.25) is 10.0 Å². The molecule has 2 aliphatic rings. The molecule has 0 amide bonds. The maximum absolute atomic E-state index is 12.8. The van der Waals surface area contributed by atoms with E-state index in [1.807, 2.05) is 0 Å². The van der Waals surface area contributed by atoms with Gasteiger partial charge in [-0.05, 0) is 31.6 Å². The predicted molar refractivity (Wildman–Crippen MR) is 80.4 cm³/mol. The van der Waals surface area contributed by atoms with Gasteiger partial charge in [-0.1, -0.05) is 13.8 Å². The number of hydrogen-bond donors (Lipinski definition) is 1. The van der Waals surface area contributed by atoms with Crippen molar-refractivity contribution in [3.8, 4) is 0 Å². The monoisotopic (exact) mass is 312 g/mol. The topological polar surface area (TPSA) is 62.6 Å². The Hall–Kier alpha value is -0.850. The van der Waals surface area contributed by atoms with Crippen LogP contribution in [0, 0.1) is 18.8 Å². The molecule has 1 aliphatic carbocycles. The van der Waals surface area contributed by atoms with Gasteiger partial charge in [0.05, 0.1) is 6.54 Å². The molecule has 1 saturated carbocycles. The number of nitrogens with zero attached hydrogens (tertiary/aromatic N) is 1. The Kier molecular flexibility index (Phi) is 3.88. The molecule has 3 rings (SSSR count). The smallest absolute Gasteiger partial charge is 0.246 e. The number of furan rings is 1. The molecule has 1 aromatic rings. The molecule has 1 saturated heterocycles.